The molecule has 4 nitrogen and oxygen atoms in total. The molecule has 0 spiro atoms. The maximum Gasteiger partial charge on any atom is 0.224 e. The highest BCUT2D eigenvalue weighted by atomic mass is 16.5. The van der Waals surface area contributed by atoms with E-state index in [0.29, 0.717) is 0 Å². The predicted molar refractivity (Wildman–Crippen MR) is 115 cm³/mol. The van der Waals surface area contributed by atoms with Crippen LogP contribution in [-0.2, 0) is 9.53 Å². The van der Waals surface area contributed by atoms with Gasteiger partial charge in [0.25, 0.3) is 0 Å². The van der Waals surface area contributed by atoms with E-state index in [2.05, 4.69) is 34.3 Å². The highest BCUT2D eigenvalue weighted by molar-refractivity contribution is 5.87. The predicted octanol–water partition coefficient (Wildman–Crippen LogP) is 4.61. The minimum atomic E-state index is -0.424. The number of nitrogens with one attached hydrogen (secondary N) is 1. The lowest BCUT2D eigenvalue weighted by atomic mass is 9.80. The number of ether oxygens (including phenoxy) is 1. The molecule has 0 bridgehead atoms. The van der Waals surface area contributed by atoms with E-state index < -0.39 is 5.54 Å². The third kappa shape index (κ3) is 4.62. The molecule has 2 saturated carbocycles. The summed E-state index contributed by atoms with van der Waals surface area (Å²) in [5.41, 5.74) is 0.506. The van der Waals surface area contributed by atoms with E-state index in [4.69, 9.17) is 4.74 Å². The molecule has 152 valence electrons. The van der Waals surface area contributed by atoms with E-state index in [9.17, 15) is 4.79 Å². The Morgan fingerprint density at radius 1 is 1.14 bits per heavy atom. The topological polar surface area (TPSA) is 51.2 Å². The van der Waals surface area contributed by atoms with E-state index in [-0.39, 0.29) is 17.9 Å². The lowest BCUT2D eigenvalue weighted by Gasteiger charge is -2.36. The normalized spacial score (nSPS) is 23.8. The van der Waals surface area contributed by atoms with Gasteiger partial charge in [0.2, 0.25) is 5.91 Å². The van der Waals surface area contributed by atoms with Gasteiger partial charge in [-0.15, -0.1) is 0 Å². The maximum absolute atomic E-state index is 13.1. The molecule has 2 aliphatic carbocycles. The van der Waals surface area contributed by atoms with Crippen molar-refractivity contribution in [2.24, 2.45) is 5.92 Å². The van der Waals surface area contributed by atoms with Crippen LogP contribution in [0, 0.1) is 17.8 Å². The number of nitrogens with zero attached hydrogens (tertiary/aromatic N) is 1. The van der Waals surface area contributed by atoms with Crippen molar-refractivity contribution in [2.45, 2.75) is 69.4 Å². The summed E-state index contributed by atoms with van der Waals surface area (Å²) in [6.45, 7) is 0. The van der Waals surface area contributed by atoms with Gasteiger partial charge in [-0.3, -0.25) is 9.78 Å². The Morgan fingerprint density at radius 2 is 1.97 bits per heavy atom. The van der Waals surface area contributed by atoms with Gasteiger partial charge in [-0.25, -0.2) is 0 Å². The van der Waals surface area contributed by atoms with Crippen molar-refractivity contribution >= 4 is 16.7 Å². The molecule has 2 atom stereocenters. The molecule has 0 unspecified atom stereocenters. The van der Waals surface area contributed by atoms with Crippen molar-refractivity contribution < 1.29 is 9.53 Å². The fourth-order valence-electron chi connectivity index (χ4n) is 4.77. The quantitative estimate of drug-likeness (QED) is 0.779. The van der Waals surface area contributed by atoms with Crippen molar-refractivity contribution in [3.63, 3.8) is 0 Å². The number of pyridine rings is 1. The molecule has 29 heavy (non-hydrogen) atoms. The monoisotopic (exact) mass is 390 g/mol. The van der Waals surface area contributed by atoms with Gasteiger partial charge in [0.15, 0.2) is 0 Å². The highest BCUT2D eigenvalue weighted by Crippen LogP contribution is 2.31. The van der Waals surface area contributed by atoms with E-state index in [1.165, 1.54) is 6.42 Å². The molecule has 2 fully saturated rings. The third-order valence-electron chi connectivity index (χ3n) is 6.50. The van der Waals surface area contributed by atoms with Gasteiger partial charge in [0, 0.05) is 36.2 Å². The van der Waals surface area contributed by atoms with Gasteiger partial charge in [0.05, 0.1) is 11.7 Å². The van der Waals surface area contributed by atoms with Gasteiger partial charge < -0.3 is 10.1 Å². The first-order valence-electron chi connectivity index (χ1n) is 10.9. The van der Waals surface area contributed by atoms with Gasteiger partial charge >= 0.3 is 0 Å². The van der Waals surface area contributed by atoms with Crippen LogP contribution in [0.3, 0.4) is 0 Å². The van der Waals surface area contributed by atoms with E-state index in [1.807, 2.05) is 24.5 Å². The summed E-state index contributed by atoms with van der Waals surface area (Å²) in [5, 5.41) is 5.58. The first-order chi connectivity index (χ1) is 14.2. The second-order valence-corrected chi connectivity index (χ2v) is 8.51. The second kappa shape index (κ2) is 8.97. The van der Waals surface area contributed by atoms with Crippen LogP contribution < -0.4 is 5.32 Å². The Hall–Kier alpha value is -2.38. The zero-order chi connectivity index (χ0) is 20.1. The van der Waals surface area contributed by atoms with Crippen LogP contribution in [0.15, 0.2) is 36.7 Å². The standard InChI is InChI=1S/C25H30N2O2/c1-29-22-10-7-9-19(16-22)24(28)27-25(13-5-2-6-14-25)15-12-21-18-26-17-20-8-3-4-11-23(20)21/h3-4,8,11,17-19,22H,2,5-7,9-10,13-14,16H2,1H3,(H,27,28)/t19-,22-/m1/s1. The lowest BCUT2D eigenvalue weighted by Crippen LogP contribution is -2.51. The minimum absolute atomic E-state index is 0.0357. The van der Waals surface area contributed by atoms with Crippen LogP contribution in [-0.4, -0.2) is 29.6 Å². The number of carbonyl (C=O) groups excluding carboxylic acids is 1. The molecule has 1 aromatic carbocycles. The Balaban J connectivity index is 1.58. The molecule has 4 rings (SSSR count). The van der Waals surface area contributed by atoms with Crippen LogP contribution in [0.2, 0.25) is 0 Å². The number of methoxy groups -OCH3 is 1. The molecular formula is C25H30N2O2. The SMILES string of the molecule is CO[C@@H]1CCC[C@@H](C(=O)NC2(C#Cc3cncc4ccccc34)CCCCC2)C1. The third-order valence-corrected chi connectivity index (χ3v) is 6.50. The molecule has 1 heterocycles. The molecule has 1 amide bonds. The number of hydrogen-bond acceptors (Lipinski definition) is 3. The molecule has 2 aromatic rings. The minimum Gasteiger partial charge on any atom is -0.381 e. The molecular weight excluding hydrogens is 360 g/mol. The largest absolute Gasteiger partial charge is 0.381 e. The fourth-order valence-corrected chi connectivity index (χ4v) is 4.77. The fraction of sp³-hybridized carbons (Fsp3) is 0.520. The zero-order valence-corrected chi connectivity index (χ0v) is 17.2. The van der Waals surface area contributed by atoms with Crippen LogP contribution in [0.4, 0.5) is 0 Å². The number of aromatic nitrogens is 1. The van der Waals surface area contributed by atoms with Crippen molar-refractivity contribution in [1.82, 2.24) is 10.3 Å². The van der Waals surface area contributed by atoms with Crippen molar-refractivity contribution in [3.8, 4) is 11.8 Å². The van der Waals surface area contributed by atoms with Crippen LogP contribution in [0.1, 0.15) is 63.4 Å². The number of carbonyl (C=O) groups is 1. The summed E-state index contributed by atoms with van der Waals surface area (Å²) in [6.07, 6.45) is 13.0. The van der Waals surface area contributed by atoms with E-state index >= 15 is 0 Å². The molecule has 0 radical (unpaired) electrons. The van der Waals surface area contributed by atoms with Gasteiger partial charge in [-0.1, -0.05) is 61.8 Å². The molecule has 0 aliphatic heterocycles. The zero-order valence-electron chi connectivity index (χ0n) is 17.2. The smallest absolute Gasteiger partial charge is 0.224 e. The summed E-state index contributed by atoms with van der Waals surface area (Å²) in [5.74, 6) is 7.05. The molecule has 4 heteroatoms. The van der Waals surface area contributed by atoms with E-state index in [0.717, 1.165) is 67.7 Å². The lowest BCUT2D eigenvalue weighted by molar-refractivity contribution is -0.129. The maximum atomic E-state index is 13.1. The van der Waals surface area contributed by atoms with Crippen molar-refractivity contribution in [2.75, 3.05) is 7.11 Å². The molecule has 0 saturated heterocycles. The summed E-state index contributed by atoms with van der Waals surface area (Å²) >= 11 is 0. The molecule has 1 N–H and O–H groups in total. The number of hydrogen-bond donors (Lipinski definition) is 1. The average Bonchev–Trinajstić information content (AvgIpc) is 2.78. The number of rotatable bonds is 3. The number of amides is 1. The Morgan fingerprint density at radius 3 is 2.79 bits per heavy atom. The van der Waals surface area contributed by atoms with Gasteiger partial charge in [-0.05, 0) is 32.1 Å². The van der Waals surface area contributed by atoms with Gasteiger partial charge in [-0.2, -0.15) is 0 Å². The first-order valence-corrected chi connectivity index (χ1v) is 10.9. The number of fused-ring (bicyclic) bond motifs is 1. The summed E-state index contributed by atoms with van der Waals surface area (Å²) in [4.78, 5) is 17.5. The summed E-state index contributed by atoms with van der Waals surface area (Å²) < 4.78 is 5.52. The summed E-state index contributed by atoms with van der Waals surface area (Å²) in [6, 6.07) is 8.18. The van der Waals surface area contributed by atoms with Gasteiger partial charge in [0.1, 0.15) is 5.54 Å². The first kappa shape index (κ1) is 19.9. The van der Waals surface area contributed by atoms with Crippen LogP contribution in [0.25, 0.3) is 10.8 Å². The van der Waals surface area contributed by atoms with Crippen LogP contribution >= 0.6 is 0 Å². The molecule has 2 aliphatic rings. The Bertz CT molecular complexity index is 916. The summed E-state index contributed by atoms with van der Waals surface area (Å²) in [7, 11) is 1.75. The second-order valence-electron chi connectivity index (χ2n) is 8.51. The highest BCUT2D eigenvalue weighted by Gasteiger charge is 2.35. The van der Waals surface area contributed by atoms with Crippen LogP contribution in [0.5, 0.6) is 0 Å². The number of benzene rings is 1. The van der Waals surface area contributed by atoms with Crippen molar-refractivity contribution in [1.29, 1.82) is 0 Å². The Labute approximate surface area is 173 Å². The van der Waals surface area contributed by atoms with E-state index in [1.54, 1.807) is 7.11 Å². The Kier molecular flexibility index (Phi) is 6.16. The average molecular weight is 391 g/mol. The van der Waals surface area contributed by atoms with Crippen molar-refractivity contribution in [3.05, 3.63) is 42.2 Å². The molecule has 1 aromatic heterocycles.